The zero-order valence-corrected chi connectivity index (χ0v) is 13.3. The minimum Gasteiger partial charge on any atom is -0.377 e. The molecule has 0 aromatic heterocycles. The molecule has 0 unspecified atom stereocenters. The Bertz CT molecular complexity index is 639. The molecule has 2 rings (SSSR count). The fourth-order valence-electron chi connectivity index (χ4n) is 2.39. The first-order valence-corrected chi connectivity index (χ1v) is 9.01. The Morgan fingerprint density at radius 3 is 2.86 bits per heavy atom. The van der Waals surface area contributed by atoms with Gasteiger partial charge in [-0.25, -0.2) is 12.8 Å². The van der Waals surface area contributed by atoms with Gasteiger partial charge in [0.1, 0.15) is 11.6 Å². The molecular weight excluding hydrogens is 309 g/mol. The van der Waals surface area contributed by atoms with E-state index in [1.807, 2.05) is 0 Å². The highest BCUT2D eigenvalue weighted by Crippen LogP contribution is 2.14. The predicted octanol–water partition coefficient (Wildman–Crippen LogP) is 1.34. The molecule has 1 aliphatic heterocycles. The van der Waals surface area contributed by atoms with Gasteiger partial charge in [-0.2, -0.15) is 0 Å². The van der Waals surface area contributed by atoms with Crippen LogP contribution in [0.15, 0.2) is 18.2 Å². The van der Waals surface area contributed by atoms with Crippen molar-refractivity contribution in [3.05, 3.63) is 35.1 Å². The van der Waals surface area contributed by atoms with Crippen molar-refractivity contribution in [2.24, 2.45) is 0 Å². The molecule has 1 aromatic rings. The fourth-order valence-corrected chi connectivity index (χ4v) is 3.83. The van der Waals surface area contributed by atoms with E-state index in [9.17, 15) is 17.6 Å². The number of hydrogen-bond acceptors (Lipinski definition) is 4. The van der Waals surface area contributed by atoms with Crippen LogP contribution in [0.4, 0.5) is 4.39 Å². The van der Waals surface area contributed by atoms with Crippen molar-refractivity contribution in [1.29, 1.82) is 0 Å². The number of benzene rings is 1. The summed E-state index contributed by atoms with van der Waals surface area (Å²) < 4.78 is 42.2. The average molecular weight is 329 g/mol. The van der Waals surface area contributed by atoms with E-state index in [1.165, 1.54) is 6.07 Å². The second-order valence-corrected chi connectivity index (χ2v) is 7.66. The van der Waals surface area contributed by atoms with Crippen LogP contribution in [-0.2, 0) is 25.9 Å². The molecule has 1 amide bonds. The van der Waals surface area contributed by atoms with Gasteiger partial charge >= 0.3 is 0 Å². The summed E-state index contributed by atoms with van der Waals surface area (Å²) >= 11 is 0. The molecule has 5 nitrogen and oxygen atoms in total. The molecular formula is C15H20FNO4S. The Kier molecular flexibility index (Phi) is 5.52. The summed E-state index contributed by atoms with van der Waals surface area (Å²) in [7, 11) is -3.48. The number of amides is 1. The summed E-state index contributed by atoms with van der Waals surface area (Å²) in [5.74, 6) is -1.53. The average Bonchev–Trinajstić information content (AvgIpc) is 2.91. The van der Waals surface area contributed by atoms with E-state index in [0.717, 1.165) is 18.4 Å². The number of ether oxygens (including phenoxy) is 1. The second-order valence-electron chi connectivity index (χ2n) is 5.55. The van der Waals surface area contributed by atoms with Gasteiger partial charge in [-0.1, -0.05) is 12.1 Å². The van der Waals surface area contributed by atoms with E-state index < -0.39 is 21.5 Å². The van der Waals surface area contributed by atoms with Gasteiger partial charge in [-0.15, -0.1) is 0 Å². The van der Waals surface area contributed by atoms with Crippen molar-refractivity contribution in [1.82, 2.24) is 5.32 Å². The van der Waals surface area contributed by atoms with Crippen LogP contribution in [0.25, 0.3) is 0 Å². The summed E-state index contributed by atoms with van der Waals surface area (Å²) in [4.78, 5) is 11.8. The molecule has 7 heteroatoms. The van der Waals surface area contributed by atoms with Gasteiger partial charge in [-0.3, -0.25) is 4.79 Å². The lowest BCUT2D eigenvalue weighted by atomic mass is 10.1. The van der Waals surface area contributed by atoms with Crippen molar-refractivity contribution < 1.29 is 22.3 Å². The maximum atomic E-state index is 13.1. The van der Waals surface area contributed by atoms with Crippen LogP contribution in [0, 0.1) is 12.7 Å². The van der Waals surface area contributed by atoms with Gasteiger partial charge in [0.2, 0.25) is 5.91 Å². The van der Waals surface area contributed by atoms with Crippen LogP contribution in [0.5, 0.6) is 0 Å². The first kappa shape index (κ1) is 16.9. The third-order valence-corrected chi connectivity index (χ3v) is 5.11. The highest BCUT2D eigenvalue weighted by Gasteiger charge is 2.25. The second kappa shape index (κ2) is 7.19. The molecule has 1 aliphatic rings. The minimum atomic E-state index is -3.48. The Balaban J connectivity index is 1.82. The molecule has 0 bridgehead atoms. The standard InChI is InChI=1S/C15H20FNO4S/c1-11-7-12(4-5-14(11)16)8-17-15(18)10-22(19,20)9-13-3-2-6-21-13/h4-5,7,13H,2-3,6,8-10H2,1H3,(H,17,18)/t13-/m1/s1. The monoisotopic (exact) mass is 329 g/mol. The first-order valence-electron chi connectivity index (χ1n) is 7.19. The Labute approximate surface area is 129 Å². The first-order chi connectivity index (χ1) is 10.4. The number of nitrogens with one attached hydrogen (secondary N) is 1. The number of sulfone groups is 1. The highest BCUT2D eigenvalue weighted by molar-refractivity contribution is 7.92. The van der Waals surface area contributed by atoms with Gasteiger partial charge in [0.25, 0.3) is 0 Å². The van der Waals surface area contributed by atoms with Gasteiger partial charge < -0.3 is 10.1 Å². The van der Waals surface area contributed by atoms with Gasteiger partial charge in [-0.05, 0) is 37.0 Å². The minimum absolute atomic E-state index is 0.115. The molecule has 1 N–H and O–H groups in total. The van der Waals surface area contributed by atoms with Gasteiger partial charge in [0.15, 0.2) is 9.84 Å². The Hall–Kier alpha value is -1.47. The van der Waals surface area contributed by atoms with Crippen LogP contribution in [-0.4, -0.2) is 38.5 Å². The van der Waals surface area contributed by atoms with Crippen molar-refractivity contribution in [3.8, 4) is 0 Å². The molecule has 0 aliphatic carbocycles. The normalized spacial score (nSPS) is 18.4. The maximum Gasteiger partial charge on any atom is 0.235 e. The van der Waals surface area contributed by atoms with E-state index in [4.69, 9.17) is 4.74 Å². The molecule has 22 heavy (non-hydrogen) atoms. The molecule has 1 fully saturated rings. The van der Waals surface area contributed by atoms with Gasteiger partial charge in [0, 0.05) is 13.2 Å². The fraction of sp³-hybridized carbons (Fsp3) is 0.533. The molecule has 1 heterocycles. The van der Waals surface area contributed by atoms with Crippen molar-refractivity contribution in [2.45, 2.75) is 32.4 Å². The molecule has 122 valence electrons. The number of carbonyl (C=O) groups is 1. The van der Waals surface area contributed by atoms with E-state index in [1.54, 1.807) is 19.1 Å². The van der Waals surface area contributed by atoms with Crippen LogP contribution >= 0.6 is 0 Å². The molecule has 0 spiro atoms. The Morgan fingerprint density at radius 1 is 1.45 bits per heavy atom. The lowest BCUT2D eigenvalue weighted by Gasteiger charge is -2.10. The molecule has 0 saturated carbocycles. The van der Waals surface area contributed by atoms with Crippen molar-refractivity contribution in [2.75, 3.05) is 18.1 Å². The number of carbonyl (C=O) groups excluding carboxylic acids is 1. The van der Waals surface area contributed by atoms with E-state index >= 15 is 0 Å². The lowest BCUT2D eigenvalue weighted by Crippen LogP contribution is -2.33. The van der Waals surface area contributed by atoms with Crippen LogP contribution in [0.3, 0.4) is 0 Å². The van der Waals surface area contributed by atoms with E-state index in [-0.39, 0.29) is 24.2 Å². The SMILES string of the molecule is Cc1cc(CNC(=O)CS(=O)(=O)C[C@H]2CCCO2)ccc1F. The smallest absolute Gasteiger partial charge is 0.235 e. The van der Waals surface area contributed by atoms with E-state index in [2.05, 4.69) is 5.32 Å². The zero-order chi connectivity index (χ0) is 16.2. The number of hydrogen-bond donors (Lipinski definition) is 1. The molecule has 1 atom stereocenters. The molecule has 0 radical (unpaired) electrons. The van der Waals surface area contributed by atoms with Crippen molar-refractivity contribution >= 4 is 15.7 Å². The summed E-state index contributed by atoms with van der Waals surface area (Å²) in [5, 5.41) is 2.55. The summed E-state index contributed by atoms with van der Waals surface area (Å²) in [6.45, 7) is 2.39. The van der Waals surface area contributed by atoms with Crippen LogP contribution < -0.4 is 5.32 Å². The lowest BCUT2D eigenvalue weighted by molar-refractivity contribution is -0.118. The third-order valence-electron chi connectivity index (χ3n) is 3.53. The summed E-state index contributed by atoms with van der Waals surface area (Å²) in [6, 6.07) is 4.50. The topological polar surface area (TPSA) is 72.5 Å². The van der Waals surface area contributed by atoms with Gasteiger partial charge in [0.05, 0.1) is 11.9 Å². The van der Waals surface area contributed by atoms with E-state index in [0.29, 0.717) is 12.2 Å². The summed E-state index contributed by atoms with van der Waals surface area (Å²) in [6.07, 6.45) is 1.28. The predicted molar refractivity (Wildman–Crippen MR) is 80.6 cm³/mol. The van der Waals surface area contributed by atoms with Crippen molar-refractivity contribution in [3.63, 3.8) is 0 Å². The van der Waals surface area contributed by atoms with Crippen LogP contribution in [0.1, 0.15) is 24.0 Å². The zero-order valence-electron chi connectivity index (χ0n) is 12.5. The summed E-state index contributed by atoms with van der Waals surface area (Å²) in [5.41, 5.74) is 1.21. The van der Waals surface area contributed by atoms with Crippen LogP contribution in [0.2, 0.25) is 0 Å². The number of rotatable bonds is 6. The maximum absolute atomic E-state index is 13.1. The third kappa shape index (κ3) is 5.06. The number of aryl methyl sites for hydroxylation is 1. The Morgan fingerprint density at radius 2 is 2.23 bits per heavy atom. The molecule has 1 aromatic carbocycles. The number of halogens is 1. The molecule has 1 saturated heterocycles. The quantitative estimate of drug-likeness (QED) is 0.855. The highest BCUT2D eigenvalue weighted by atomic mass is 32.2. The largest absolute Gasteiger partial charge is 0.377 e.